The number of aromatic nitrogens is 3. The molecule has 308 valence electrons. The van der Waals surface area contributed by atoms with E-state index in [2.05, 4.69) is 245 Å². The topological polar surface area (TPSA) is 36.7 Å². The molecule has 5 heteroatoms. The van der Waals surface area contributed by atoms with E-state index in [4.69, 9.17) is 9.97 Å². The summed E-state index contributed by atoms with van der Waals surface area (Å²) in [5.41, 5.74) is 17.3. The third kappa shape index (κ3) is 7.95. The summed E-state index contributed by atoms with van der Waals surface area (Å²) in [5, 5.41) is 0. The molecule has 0 saturated heterocycles. The average Bonchev–Trinajstić information content (AvgIpc) is 3.79. The maximum Gasteiger partial charge on any atom is 0.137 e. The summed E-state index contributed by atoms with van der Waals surface area (Å²) in [6, 6.07) is 87.6. The van der Waals surface area contributed by atoms with Crippen LogP contribution in [0.25, 0.3) is 61.5 Å². The number of nitrogens with zero attached hydrogens (tertiary/aromatic N) is 5. The maximum absolute atomic E-state index is 5.16. The first-order valence-corrected chi connectivity index (χ1v) is 21.9. The van der Waals surface area contributed by atoms with Gasteiger partial charge in [-0.1, -0.05) is 164 Å². The number of benzene rings is 8. The van der Waals surface area contributed by atoms with Crippen molar-refractivity contribution >= 4 is 39.9 Å². The van der Waals surface area contributed by atoms with Crippen molar-refractivity contribution in [1.29, 1.82) is 0 Å². The third-order valence-corrected chi connectivity index (χ3v) is 11.9. The van der Waals surface area contributed by atoms with Crippen LogP contribution in [0, 0.1) is 0 Å². The first-order valence-electron chi connectivity index (χ1n) is 21.9. The van der Waals surface area contributed by atoms with Crippen molar-refractivity contribution in [1.82, 2.24) is 14.4 Å². The zero-order valence-electron chi connectivity index (χ0n) is 35.6. The molecule has 5 nitrogen and oxygen atoms in total. The summed E-state index contributed by atoms with van der Waals surface area (Å²) < 4.78 is 2.17. The Kier molecular flexibility index (Phi) is 10.5. The Labute approximate surface area is 379 Å². The number of hydrogen-bond donors (Lipinski definition) is 0. The van der Waals surface area contributed by atoms with E-state index in [1.165, 1.54) is 22.3 Å². The van der Waals surface area contributed by atoms with Crippen molar-refractivity contribution in [2.45, 2.75) is 0 Å². The van der Waals surface area contributed by atoms with E-state index in [0.717, 1.165) is 73.5 Å². The SMILES string of the molecule is c1ccc(-c2ccc(N(c3ccc(-c4ccccc4)cc3)c3ccc(-c4ccc(N(c5cccc(-c6nc7ccccn7c6-c6ccccc6)c5)c5ccccn5)cc4)cc3)cc2)cc1. The third-order valence-electron chi connectivity index (χ3n) is 11.9. The van der Waals surface area contributed by atoms with E-state index >= 15 is 0 Å². The largest absolute Gasteiger partial charge is 0.311 e. The van der Waals surface area contributed by atoms with Gasteiger partial charge in [0.1, 0.15) is 11.5 Å². The molecule has 3 aromatic heterocycles. The number of anilines is 6. The highest BCUT2D eigenvalue weighted by Crippen LogP contribution is 2.41. The van der Waals surface area contributed by atoms with Gasteiger partial charge in [-0.15, -0.1) is 0 Å². The summed E-state index contributed by atoms with van der Waals surface area (Å²) in [5.74, 6) is 0.828. The second-order valence-corrected chi connectivity index (χ2v) is 15.9. The number of imidazole rings is 1. The van der Waals surface area contributed by atoms with Crippen molar-refractivity contribution in [2.75, 3.05) is 9.80 Å². The number of pyridine rings is 2. The van der Waals surface area contributed by atoms with Gasteiger partial charge in [0.25, 0.3) is 0 Å². The van der Waals surface area contributed by atoms with Crippen LogP contribution in [-0.4, -0.2) is 14.4 Å². The normalized spacial score (nSPS) is 11.1. The standard InChI is InChI=1S/C60H43N5/c1-4-15-44(16-5-1)46-25-33-52(34-26-46)64(53-35-27-47(28-36-53)45-17-6-2-7-18-45)54-37-29-48(30-38-54)49-31-39-55(40-32-49)65(57-23-10-12-41-61-57)56-22-14-21-51(43-56)59-60(50-19-8-3-9-20-50)63-42-13-11-24-58(63)62-59/h1-43H. The van der Waals surface area contributed by atoms with Gasteiger partial charge >= 0.3 is 0 Å². The van der Waals surface area contributed by atoms with E-state index in [0.29, 0.717) is 0 Å². The van der Waals surface area contributed by atoms with Gasteiger partial charge in [0.2, 0.25) is 0 Å². The summed E-state index contributed by atoms with van der Waals surface area (Å²) in [6.45, 7) is 0. The van der Waals surface area contributed by atoms with Crippen LogP contribution in [-0.2, 0) is 0 Å². The van der Waals surface area contributed by atoms with Gasteiger partial charge in [-0.25, -0.2) is 9.97 Å². The van der Waals surface area contributed by atoms with Crippen LogP contribution < -0.4 is 9.80 Å². The second kappa shape index (κ2) is 17.5. The number of fused-ring (bicyclic) bond motifs is 1. The predicted molar refractivity (Wildman–Crippen MR) is 270 cm³/mol. The van der Waals surface area contributed by atoms with Crippen LogP contribution >= 0.6 is 0 Å². The lowest BCUT2D eigenvalue weighted by Gasteiger charge is -2.26. The molecule has 0 spiro atoms. The van der Waals surface area contributed by atoms with Crippen molar-refractivity contribution in [3.63, 3.8) is 0 Å². The fourth-order valence-electron chi connectivity index (χ4n) is 8.68. The van der Waals surface area contributed by atoms with Gasteiger partial charge in [-0.05, 0) is 118 Å². The Morgan fingerprint density at radius 3 is 1.23 bits per heavy atom. The maximum atomic E-state index is 5.16. The Bertz CT molecular complexity index is 3230. The Balaban J connectivity index is 0.919. The summed E-state index contributed by atoms with van der Waals surface area (Å²) >= 11 is 0. The summed E-state index contributed by atoms with van der Waals surface area (Å²) in [4.78, 5) is 14.5. The average molecular weight is 834 g/mol. The molecule has 0 aliphatic heterocycles. The van der Waals surface area contributed by atoms with E-state index < -0.39 is 0 Å². The molecule has 0 radical (unpaired) electrons. The zero-order chi connectivity index (χ0) is 43.4. The fourth-order valence-corrected chi connectivity index (χ4v) is 8.68. The number of rotatable bonds is 11. The first kappa shape index (κ1) is 39.1. The van der Waals surface area contributed by atoms with Crippen molar-refractivity contribution in [3.8, 4) is 55.9 Å². The molecule has 3 heterocycles. The molecule has 0 aliphatic carbocycles. The van der Waals surface area contributed by atoms with Crippen LogP contribution in [0.2, 0.25) is 0 Å². The predicted octanol–water partition coefficient (Wildman–Crippen LogP) is 16.0. The van der Waals surface area contributed by atoms with Crippen LogP contribution in [0.3, 0.4) is 0 Å². The molecule has 0 saturated carbocycles. The van der Waals surface area contributed by atoms with Gasteiger partial charge in [-0.3, -0.25) is 9.30 Å². The van der Waals surface area contributed by atoms with Crippen LogP contribution in [0.1, 0.15) is 0 Å². The minimum Gasteiger partial charge on any atom is -0.311 e. The zero-order valence-corrected chi connectivity index (χ0v) is 35.6. The van der Waals surface area contributed by atoms with Gasteiger partial charge in [0, 0.05) is 52.0 Å². The number of hydrogen-bond acceptors (Lipinski definition) is 4. The summed E-state index contributed by atoms with van der Waals surface area (Å²) in [6.07, 6.45) is 3.93. The lowest BCUT2D eigenvalue weighted by Crippen LogP contribution is -2.11. The van der Waals surface area contributed by atoms with Gasteiger partial charge in [-0.2, -0.15) is 0 Å². The lowest BCUT2D eigenvalue weighted by atomic mass is 10.0. The summed E-state index contributed by atoms with van der Waals surface area (Å²) in [7, 11) is 0. The quantitative estimate of drug-likeness (QED) is 0.130. The van der Waals surface area contributed by atoms with Crippen LogP contribution in [0.15, 0.2) is 261 Å². The highest BCUT2D eigenvalue weighted by molar-refractivity contribution is 5.86. The Hall–Kier alpha value is -8.80. The van der Waals surface area contributed by atoms with Gasteiger partial charge in [0.05, 0.1) is 11.4 Å². The molecular formula is C60H43N5. The molecular weight excluding hydrogens is 791 g/mol. The van der Waals surface area contributed by atoms with E-state index in [9.17, 15) is 0 Å². The highest BCUT2D eigenvalue weighted by atomic mass is 15.2. The minimum absolute atomic E-state index is 0.828. The molecule has 65 heavy (non-hydrogen) atoms. The molecule has 0 atom stereocenters. The molecule has 8 aromatic carbocycles. The molecule has 11 aromatic rings. The lowest BCUT2D eigenvalue weighted by molar-refractivity contribution is 1.18. The van der Waals surface area contributed by atoms with E-state index in [1.54, 1.807) is 0 Å². The molecule has 0 unspecified atom stereocenters. The monoisotopic (exact) mass is 833 g/mol. The molecule has 0 aliphatic rings. The Morgan fingerprint density at radius 1 is 0.308 bits per heavy atom. The van der Waals surface area contributed by atoms with Crippen molar-refractivity contribution in [2.24, 2.45) is 0 Å². The molecule has 0 bridgehead atoms. The van der Waals surface area contributed by atoms with Gasteiger partial charge in [0.15, 0.2) is 0 Å². The smallest absolute Gasteiger partial charge is 0.137 e. The van der Waals surface area contributed by atoms with E-state index in [1.807, 2.05) is 30.5 Å². The molecule has 0 fully saturated rings. The van der Waals surface area contributed by atoms with Crippen molar-refractivity contribution in [3.05, 3.63) is 261 Å². The van der Waals surface area contributed by atoms with Crippen LogP contribution in [0.4, 0.5) is 34.3 Å². The van der Waals surface area contributed by atoms with Crippen LogP contribution in [0.5, 0.6) is 0 Å². The second-order valence-electron chi connectivity index (χ2n) is 15.9. The van der Waals surface area contributed by atoms with E-state index in [-0.39, 0.29) is 0 Å². The Morgan fingerprint density at radius 2 is 0.738 bits per heavy atom. The molecule has 0 N–H and O–H groups in total. The molecule has 11 rings (SSSR count). The highest BCUT2D eigenvalue weighted by Gasteiger charge is 2.20. The first-order chi connectivity index (χ1) is 32.2. The fraction of sp³-hybridized carbons (Fsp3) is 0. The van der Waals surface area contributed by atoms with Crippen molar-refractivity contribution < 1.29 is 0 Å². The minimum atomic E-state index is 0.828. The van der Waals surface area contributed by atoms with Gasteiger partial charge < -0.3 is 4.90 Å². The molecule has 0 amide bonds.